The van der Waals surface area contributed by atoms with Gasteiger partial charge in [0, 0.05) is 64.2 Å². The molecule has 1 aromatic carbocycles. The van der Waals surface area contributed by atoms with Gasteiger partial charge in [0.05, 0.1) is 52.5 Å². The van der Waals surface area contributed by atoms with Crippen molar-refractivity contribution in [2.45, 2.75) is 203 Å². The molecule has 70 heavy (non-hydrogen) atoms. The Bertz CT molecular complexity index is 1940. The fraction of sp³-hybridized carbons (Fsp3) is 0.820. The third-order valence-corrected chi connectivity index (χ3v) is 15.9. The van der Waals surface area contributed by atoms with E-state index in [9.17, 15) is 52.7 Å². The molecule has 3 heterocycles. The first-order chi connectivity index (χ1) is 32.4. The zero-order valence-electron chi connectivity index (χ0n) is 43.8. The number of nitrogens with one attached hydrogen (secondary N) is 1. The van der Waals surface area contributed by atoms with E-state index in [1.54, 1.807) is 48.7 Å². The average Bonchev–Trinajstić information content (AvgIpc) is 3.30. The van der Waals surface area contributed by atoms with E-state index >= 15 is 0 Å². The van der Waals surface area contributed by atoms with Crippen LogP contribution < -0.4 is 5.32 Å². The van der Waals surface area contributed by atoms with Crippen molar-refractivity contribution in [2.75, 3.05) is 40.7 Å². The Morgan fingerprint density at radius 3 is 2.07 bits per heavy atom. The smallest absolute Gasteiger partial charge is 0.311 e. The summed E-state index contributed by atoms with van der Waals surface area (Å²) < 4.78 is 71.7. The van der Waals surface area contributed by atoms with Gasteiger partial charge in [0.25, 0.3) is 0 Å². The number of amides is 1. The van der Waals surface area contributed by atoms with Gasteiger partial charge in [0.1, 0.15) is 36.4 Å². The van der Waals surface area contributed by atoms with Gasteiger partial charge in [-0.1, -0.05) is 39.8 Å². The number of nitrogens with zero attached hydrogens (tertiary/aromatic N) is 1. The monoisotopic (exact) mass is 1020 g/mol. The van der Waals surface area contributed by atoms with E-state index in [0.29, 0.717) is 31.4 Å². The minimum absolute atomic E-state index is 0.0739. The Hall–Kier alpha value is -2.73. The number of aliphatic hydroxyl groups excluding tert-OH is 4. The number of aliphatic hydroxyl groups is 5. The average molecular weight is 1020 g/mol. The third kappa shape index (κ3) is 16.1. The van der Waals surface area contributed by atoms with Crippen LogP contribution in [0, 0.1) is 23.7 Å². The first-order valence-corrected chi connectivity index (χ1v) is 26.4. The van der Waals surface area contributed by atoms with E-state index in [1.807, 2.05) is 32.7 Å². The van der Waals surface area contributed by atoms with Crippen molar-refractivity contribution in [3.8, 4) is 0 Å². The maximum Gasteiger partial charge on any atom is 0.311 e. The van der Waals surface area contributed by atoms with Crippen molar-refractivity contribution in [3.05, 3.63) is 29.8 Å². The highest BCUT2D eigenvalue weighted by molar-refractivity contribution is 7.90. The first-order valence-electron chi connectivity index (χ1n) is 24.5. The number of carbonyl (C=O) groups excluding carboxylic acids is 3. The van der Waals surface area contributed by atoms with Gasteiger partial charge in [-0.25, -0.2) is 12.8 Å². The number of sulfone groups is 1. The summed E-state index contributed by atoms with van der Waals surface area (Å²) in [4.78, 5) is 41.3. The predicted octanol–water partition coefficient (Wildman–Crippen LogP) is 3.80. The van der Waals surface area contributed by atoms with Gasteiger partial charge in [0.15, 0.2) is 22.4 Å². The highest BCUT2D eigenvalue weighted by atomic mass is 32.2. The highest BCUT2D eigenvalue weighted by Crippen LogP contribution is 2.39. The molecule has 0 aliphatic carbocycles. The van der Waals surface area contributed by atoms with Gasteiger partial charge < -0.3 is 64.2 Å². The van der Waals surface area contributed by atoms with Crippen LogP contribution in [0.15, 0.2) is 29.2 Å². The molecule has 3 aliphatic rings. The van der Waals surface area contributed by atoms with Crippen LogP contribution in [0.2, 0.25) is 0 Å². The fourth-order valence-corrected chi connectivity index (χ4v) is 10.8. The second kappa shape index (κ2) is 26.0. The molecule has 4 rings (SSSR count). The van der Waals surface area contributed by atoms with E-state index < -0.39 is 118 Å². The number of benzene rings is 1. The Kier molecular flexibility index (Phi) is 22.8. The summed E-state index contributed by atoms with van der Waals surface area (Å²) >= 11 is 0. The first kappa shape index (κ1) is 61.6. The summed E-state index contributed by atoms with van der Waals surface area (Å²) in [5.41, 5.74) is -3.21. The van der Waals surface area contributed by atoms with Crippen LogP contribution in [0.4, 0.5) is 4.39 Å². The molecule has 1 aromatic rings. The van der Waals surface area contributed by atoms with Crippen LogP contribution in [0.1, 0.15) is 126 Å². The Morgan fingerprint density at radius 2 is 1.54 bits per heavy atom. The van der Waals surface area contributed by atoms with Crippen molar-refractivity contribution in [2.24, 2.45) is 23.7 Å². The number of carbonyl (C=O) groups is 3. The minimum Gasteiger partial charge on any atom is -0.459 e. The molecule has 18 atom stereocenters. The molecule has 0 aromatic heterocycles. The molecule has 0 bridgehead atoms. The summed E-state index contributed by atoms with van der Waals surface area (Å²) in [6.45, 7) is 17.0. The number of esters is 1. The van der Waals surface area contributed by atoms with E-state index in [4.69, 9.17) is 28.4 Å². The Balaban J connectivity index is 0.000000385. The van der Waals surface area contributed by atoms with E-state index in [0.717, 1.165) is 12.7 Å². The van der Waals surface area contributed by atoms with Crippen LogP contribution in [0.25, 0.3) is 0 Å². The van der Waals surface area contributed by atoms with E-state index in [1.165, 1.54) is 38.3 Å². The van der Waals surface area contributed by atoms with Crippen LogP contribution in [0.3, 0.4) is 0 Å². The molecule has 0 unspecified atom stereocenters. The summed E-state index contributed by atoms with van der Waals surface area (Å²) in [5.74, 6) is -3.59. The zero-order chi connectivity index (χ0) is 53.3. The van der Waals surface area contributed by atoms with Crippen molar-refractivity contribution >= 4 is 27.5 Å². The lowest BCUT2D eigenvalue weighted by Crippen LogP contribution is -2.58. The SMILES string of the molecule is CC[C@H]1OC(=O)[C@H](C)[C@@H](O[C@H]2C[C@@](C)(OC)[C@@H](O)[C@H](C)O2)[C@H](C)C[C@](C)(OC)C[C@@H](C)C(=O)[C@H](C)[C@@H](O)[C@]1(C)O.C[C@@H]1C[C@H](N(C)CCC(=O)N[C@H](CF)[C@H](O)c2ccc(S(C)(=O)=O)cc2)C[C@H](O)O1. The Morgan fingerprint density at radius 1 is 0.929 bits per heavy atom. The van der Waals surface area contributed by atoms with Crippen molar-refractivity contribution in [3.63, 3.8) is 0 Å². The van der Waals surface area contributed by atoms with Gasteiger partial charge in [-0.05, 0) is 97.9 Å². The summed E-state index contributed by atoms with van der Waals surface area (Å²) in [6, 6.07) is 4.42. The second-order valence-electron chi connectivity index (χ2n) is 20.8. The molecule has 3 aliphatic heterocycles. The maximum atomic E-state index is 13.6. The summed E-state index contributed by atoms with van der Waals surface area (Å²) in [5, 5.41) is 55.8. The molecule has 3 saturated heterocycles. The standard InChI is InChI=1S/C30H54O10.C20H31FN2O6S/c1-12-21-30(9,35)25(32)18(4)23(31)16(2)13-28(7,36-10)14-17(3)24(19(5)27(34)39-21)40-22-15-29(8,37-11)26(33)20(6)38-22;1-13-10-15(11-19(25)29-13)23(2)9-8-18(24)22-17(12-21)20(26)14-4-6-16(7-5-14)30(3,27)28/h16-22,24-26,32-33,35H,12-15H2,1-11H3;4-7,13,15,17,19-20,25-26H,8-12H2,1-3H3,(H,22,24)/t16-,17-,18+,19-,20+,21-,22+,24+,25-,26+,28-,29-,30-;13-,15+,17-,19-,20-/m11/s1. The molecule has 404 valence electrons. The van der Waals surface area contributed by atoms with Gasteiger partial charge in [-0.2, -0.15) is 0 Å². The maximum absolute atomic E-state index is 13.6. The molecule has 1 amide bonds. The fourth-order valence-electron chi connectivity index (χ4n) is 10.1. The minimum atomic E-state index is -3.38. The lowest BCUT2D eigenvalue weighted by molar-refractivity contribution is -0.296. The van der Waals surface area contributed by atoms with Crippen molar-refractivity contribution in [1.29, 1.82) is 0 Å². The lowest BCUT2D eigenvalue weighted by atomic mass is 9.75. The normalized spacial score (nSPS) is 38.1. The van der Waals surface area contributed by atoms with E-state index in [-0.39, 0.29) is 48.0 Å². The second-order valence-corrected chi connectivity index (χ2v) is 22.8. The number of methoxy groups -OCH3 is 2. The molecule has 6 N–H and O–H groups in total. The van der Waals surface area contributed by atoms with Crippen LogP contribution >= 0.6 is 0 Å². The molecule has 0 saturated carbocycles. The number of hydrogen-bond donors (Lipinski definition) is 6. The predicted molar refractivity (Wildman–Crippen MR) is 258 cm³/mol. The molecule has 18 nitrogen and oxygen atoms in total. The number of ether oxygens (including phenoxy) is 6. The number of alkyl halides is 1. The van der Waals surface area contributed by atoms with Crippen LogP contribution in [-0.2, 0) is 52.6 Å². The quantitative estimate of drug-likeness (QED) is 0.145. The summed E-state index contributed by atoms with van der Waals surface area (Å²) in [7, 11) is 1.60. The number of ketones is 1. The molecule has 3 fully saturated rings. The topological polar surface area (TPSA) is 257 Å². The molecular formula is C50H85FN2O16S. The number of halogens is 1. The van der Waals surface area contributed by atoms with Gasteiger partial charge in [-0.15, -0.1) is 0 Å². The number of rotatable bonds is 14. The molecular weight excluding hydrogens is 936 g/mol. The van der Waals surface area contributed by atoms with Gasteiger partial charge in [-0.3, -0.25) is 14.4 Å². The van der Waals surface area contributed by atoms with E-state index in [2.05, 4.69) is 5.32 Å². The molecule has 0 spiro atoms. The lowest BCUT2D eigenvalue weighted by Gasteiger charge is -2.46. The zero-order valence-corrected chi connectivity index (χ0v) is 44.6. The van der Waals surface area contributed by atoms with Crippen LogP contribution in [0.5, 0.6) is 0 Å². The van der Waals surface area contributed by atoms with Crippen LogP contribution in [-0.4, -0.2) is 175 Å². The van der Waals surface area contributed by atoms with Gasteiger partial charge >= 0.3 is 5.97 Å². The molecule has 0 radical (unpaired) electrons. The van der Waals surface area contributed by atoms with Gasteiger partial charge in [0.2, 0.25) is 5.91 Å². The number of cyclic esters (lactones) is 1. The van der Waals surface area contributed by atoms with Crippen molar-refractivity contribution < 1.29 is 81.1 Å². The molecule has 20 heteroatoms. The number of hydrogen-bond acceptors (Lipinski definition) is 17. The summed E-state index contributed by atoms with van der Waals surface area (Å²) in [6.07, 6.45) is -3.93. The largest absolute Gasteiger partial charge is 0.459 e. The van der Waals surface area contributed by atoms with Crippen molar-refractivity contribution in [1.82, 2.24) is 10.2 Å². The third-order valence-electron chi connectivity index (χ3n) is 14.8. The highest BCUT2D eigenvalue weighted by Gasteiger charge is 2.50. The Labute approximate surface area is 415 Å². The number of Topliss-reactive ketones (excluding diaryl/α,β-unsaturated/α-hetero) is 1.